The van der Waals surface area contributed by atoms with E-state index in [-0.39, 0.29) is 12.1 Å². The van der Waals surface area contributed by atoms with Gasteiger partial charge in [0, 0.05) is 23.3 Å². The van der Waals surface area contributed by atoms with Crippen LogP contribution >= 0.6 is 11.8 Å². The first-order valence-electron chi connectivity index (χ1n) is 8.43. The van der Waals surface area contributed by atoms with Gasteiger partial charge < -0.3 is 15.4 Å². The highest BCUT2D eigenvalue weighted by molar-refractivity contribution is 7.99. The minimum atomic E-state index is -0.145. The molecule has 2 amide bonds. The van der Waals surface area contributed by atoms with E-state index in [0.717, 1.165) is 18.1 Å². The van der Waals surface area contributed by atoms with Crippen molar-refractivity contribution in [2.24, 2.45) is 5.92 Å². The number of carbonyl (C=O) groups excluding carboxylic acids is 1. The summed E-state index contributed by atoms with van der Waals surface area (Å²) in [4.78, 5) is 13.1. The van der Waals surface area contributed by atoms with E-state index in [1.54, 1.807) is 0 Å². The molecule has 1 fully saturated rings. The first kappa shape index (κ1) is 18.1. The summed E-state index contributed by atoms with van der Waals surface area (Å²) in [6, 6.07) is 8.22. The molecule has 0 spiro atoms. The lowest BCUT2D eigenvalue weighted by atomic mass is 10.1. The lowest BCUT2D eigenvalue weighted by Gasteiger charge is -2.16. The lowest BCUT2D eigenvalue weighted by molar-refractivity contribution is 0.127. The van der Waals surface area contributed by atoms with Crippen LogP contribution in [0.5, 0.6) is 0 Å². The molecule has 5 heteroatoms. The van der Waals surface area contributed by atoms with Gasteiger partial charge in [0.15, 0.2) is 0 Å². The summed E-state index contributed by atoms with van der Waals surface area (Å²) in [6.45, 7) is 8.33. The summed E-state index contributed by atoms with van der Waals surface area (Å²) in [7, 11) is 0. The van der Waals surface area contributed by atoms with Crippen LogP contribution in [-0.2, 0) is 4.74 Å². The Labute approximate surface area is 143 Å². The minimum absolute atomic E-state index is 0.0134. The fraction of sp³-hybridized carbons (Fsp3) is 0.611. The summed E-state index contributed by atoms with van der Waals surface area (Å²) in [5, 5.41) is 6.37. The van der Waals surface area contributed by atoms with Crippen molar-refractivity contribution in [3.05, 3.63) is 29.8 Å². The zero-order valence-corrected chi connectivity index (χ0v) is 15.1. The van der Waals surface area contributed by atoms with Crippen LogP contribution in [0, 0.1) is 5.92 Å². The minimum Gasteiger partial charge on any atom is -0.379 e. The van der Waals surface area contributed by atoms with E-state index in [0.29, 0.717) is 18.4 Å². The maximum atomic E-state index is 11.9. The summed E-state index contributed by atoms with van der Waals surface area (Å²) in [5.74, 6) is 0.765. The van der Waals surface area contributed by atoms with Gasteiger partial charge in [-0.25, -0.2) is 4.79 Å². The van der Waals surface area contributed by atoms with Crippen LogP contribution < -0.4 is 10.6 Å². The smallest absolute Gasteiger partial charge is 0.315 e. The highest BCUT2D eigenvalue weighted by Gasteiger charge is 2.20. The summed E-state index contributed by atoms with van der Waals surface area (Å²) in [5.41, 5.74) is 1.11. The van der Waals surface area contributed by atoms with Crippen LogP contribution in [0.1, 0.15) is 45.2 Å². The molecule has 0 radical (unpaired) electrons. The summed E-state index contributed by atoms with van der Waals surface area (Å²) >= 11 is 1.84. The Morgan fingerprint density at radius 2 is 1.96 bits per heavy atom. The number of rotatable bonds is 9. The number of urea groups is 1. The van der Waals surface area contributed by atoms with Crippen molar-refractivity contribution in [1.82, 2.24) is 10.6 Å². The summed E-state index contributed by atoms with van der Waals surface area (Å²) in [6.07, 6.45) is 2.58. The maximum absolute atomic E-state index is 11.9. The van der Waals surface area contributed by atoms with Crippen LogP contribution in [0.25, 0.3) is 0 Å². The molecule has 1 atom stereocenters. The third kappa shape index (κ3) is 7.27. The third-order valence-electron chi connectivity index (χ3n) is 3.68. The largest absolute Gasteiger partial charge is 0.379 e. The van der Waals surface area contributed by atoms with Gasteiger partial charge in [-0.05, 0) is 43.4 Å². The van der Waals surface area contributed by atoms with Gasteiger partial charge in [-0.2, -0.15) is 0 Å². The normalized spacial score (nSPS) is 15.5. The zero-order valence-electron chi connectivity index (χ0n) is 14.3. The van der Waals surface area contributed by atoms with Crippen molar-refractivity contribution in [2.75, 3.05) is 19.8 Å². The van der Waals surface area contributed by atoms with Gasteiger partial charge in [0.1, 0.15) is 0 Å². The summed E-state index contributed by atoms with van der Waals surface area (Å²) < 4.78 is 5.50. The molecule has 2 rings (SSSR count). The number of ether oxygens (including phenoxy) is 1. The second-order valence-electron chi connectivity index (χ2n) is 6.38. The number of hydrogen-bond donors (Lipinski definition) is 2. The van der Waals surface area contributed by atoms with E-state index >= 15 is 0 Å². The SMILES string of the molecule is CC(C)Sc1ccc(C(C)NC(=O)NCCOCC2CC2)cc1. The zero-order chi connectivity index (χ0) is 16.7. The molecule has 1 aliphatic rings. The first-order chi connectivity index (χ1) is 11.0. The van der Waals surface area contributed by atoms with E-state index in [2.05, 4.69) is 48.7 Å². The molecular formula is C18H28N2O2S. The number of nitrogens with one attached hydrogen (secondary N) is 2. The number of thioether (sulfide) groups is 1. The molecule has 1 aromatic carbocycles. The molecule has 0 bridgehead atoms. The van der Waals surface area contributed by atoms with Crippen LogP contribution in [0.15, 0.2) is 29.2 Å². The number of carbonyl (C=O) groups is 1. The quantitative estimate of drug-likeness (QED) is 0.530. The van der Waals surface area contributed by atoms with E-state index in [9.17, 15) is 4.79 Å². The van der Waals surface area contributed by atoms with Crippen LogP contribution in [0.2, 0.25) is 0 Å². The van der Waals surface area contributed by atoms with E-state index in [1.807, 2.05) is 18.7 Å². The molecular weight excluding hydrogens is 308 g/mol. The van der Waals surface area contributed by atoms with Gasteiger partial charge in [0.2, 0.25) is 0 Å². The van der Waals surface area contributed by atoms with E-state index < -0.39 is 0 Å². The van der Waals surface area contributed by atoms with Crippen molar-refractivity contribution in [3.63, 3.8) is 0 Å². The predicted molar refractivity (Wildman–Crippen MR) is 95.9 cm³/mol. The molecule has 23 heavy (non-hydrogen) atoms. The molecule has 1 aromatic rings. The molecule has 1 saturated carbocycles. The molecule has 1 aliphatic carbocycles. The van der Waals surface area contributed by atoms with Crippen molar-refractivity contribution in [3.8, 4) is 0 Å². The standard InChI is InChI=1S/C18H28N2O2S/c1-13(2)23-17-8-6-16(7-9-17)14(3)20-18(21)19-10-11-22-12-15-4-5-15/h6-9,13-15H,4-5,10-12H2,1-3H3,(H2,19,20,21). The maximum Gasteiger partial charge on any atom is 0.315 e. The van der Waals surface area contributed by atoms with Crippen LogP contribution in [0.4, 0.5) is 4.79 Å². The third-order valence-corrected chi connectivity index (χ3v) is 4.70. The second kappa shape index (κ2) is 9.18. The molecule has 128 valence electrons. The lowest BCUT2D eigenvalue weighted by Crippen LogP contribution is -2.38. The number of hydrogen-bond acceptors (Lipinski definition) is 3. The molecule has 1 unspecified atom stereocenters. The fourth-order valence-electron chi connectivity index (χ4n) is 2.21. The molecule has 0 aliphatic heterocycles. The van der Waals surface area contributed by atoms with Crippen molar-refractivity contribution < 1.29 is 9.53 Å². The molecule has 0 aromatic heterocycles. The number of amides is 2. The highest BCUT2D eigenvalue weighted by atomic mass is 32.2. The highest BCUT2D eigenvalue weighted by Crippen LogP contribution is 2.28. The van der Waals surface area contributed by atoms with Crippen molar-refractivity contribution in [2.45, 2.75) is 49.8 Å². The Kier molecular flexibility index (Phi) is 7.24. The average molecular weight is 337 g/mol. The molecule has 0 heterocycles. The van der Waals surface area contributed by atoms with Crippen LogP contribution in [-0.4, -0.2) is 31.0 Å². The predicted octanol–water partition coefficient (Wildman–Crippen LogP) is 3.97. The Hall–Kier alpha value is -1.20. The second-order valence-corrected chi connectivity index (χ2v) is 8.03. The molecule has 2 N–H and O–H groups in total. The number of benzene rings is 1. The monoisotopic (exact) mass is 336 g/mol. The Morgan fingerprint density at radius 3 is 2.57 bits per heavy atom. The van der Waals surface area contributed by atoms with Gasteiger partial charge in [-0.3, -0.25) is 0 Å². The van der Waals surface area contributed by atoms with E-state index in [4.69, 9.17) is 4.74 Å². The first-order valence-corrected chi connectivity index (χ1v) is 9.31. The van der Waals surface area contributed by atoms with Crippen molar-refractivity contribution >= 4 is 17.8 Å². The van der Waals surface area contributed by atoms with Gasteiger partial charge >= 0.3 is 6.03 Å². The Bertz CT molecular complexity index is 486. The van der Waals surface area contributed by atoms with Crippen LogP contribution in [0.3, 0.4) is 0 Å². The fourth-order valence-corrected chi connectivity index (χ4v) is 3.05. The van der Waals surface area contributed by atoms with Crippen molar-refractivity contribution in [1.29, 1.82) is 0 Å². The Morgan fingerprint density at radius 1 is 1.26 bits per heavy atom. The van der Waals surface area contributed by atoms with E-state index in [1.165, 1.54) is 17.7 Å². The van der Waals surface area contributed by atoms with Gasteiger partial charge in [0.25, 0.3) is 0 Å². The van der Waals surface area contributed by atoms with Gasteiger partial charge in [-0.1, -0.05) is 26.0 Å². The molecule has 4 nitrogen and oxygen atoms in total. The van der Waals surface area contributed by atoms with Gasteiger partial charge in [-0.15, -0.1) is 11.8 Å². The molecule has 0 saturated heterocycles. The Balaban J connectivity index is 1.65. The van der Waals surface area contributed by atoms with Gasteiger partial charge in [0.05, 0.1) is 12.6 Å². The topological polar surface area (TPSA) is 50.4 Å². The average Bonchev–Trinajstić information content (AvgIpc) is 3.31.